The lowest BCUT2D eigenvalue weighted by atomic mass is 9.69. The second-order valence-corrected chi connectivity index (χ2v) is 6.11. The number of aromatic nitrogens is 4. The molecule has 8 heteroatoms. The monoisotopic (exact) mass is 291 g/mol. The molecule has 2 aromatic rings. The van der Waals surface area contributed by atoms with Gasteiger partial charge in [0.2, 0.25) is 0 Å². The van der Waals surface area contributed by atoms with Crippen LogP contribution in [-0.2, 0) is 4.74 Å². The van der Waals surface area contributed by atoms with E-state index in [0.29, 0.717) is 17.1 Å². The first-order valence-corrected chi connectivity index (χ1v) is 6.99. The highest BCUT2D eigenvalue weighted by Gasteiger charge is 2.60. The average Bonchev–Trinajstić information content (AvgIpc) is 2.95. The van der Waals surface area contributed by atoms with Gasteiger partial charge in [0.1, 0.15) is 24.1 Å². The van der Waals surface area contributed by atoms with Crippen LogP contribution in [0.5, 0.6) is 0 Å². The molecule has 4 N–H and O–H groups in total. The number of rotatable bonds is 1. The normalized spacial score (nSPS) is 39.0. The predicted octanol–water partition coefficient (Wildman–Crippen LogP) is -0.172. The van der Waals surface area contributed by atoms with Gasteiger partial charge in [-0.2, -0.15) is 0 Å². The van der Waals surface area contributed by atoms with Crippen molar-refractivity contribution in [3.63, 3.8) is 0 Å². The SMILES string of the molecule is C[C@H]1C[C@]2(C1)O[C@@H](n1cnc3c(N)ncnc31)[C@H](O)[C@@H]2O. The third kappa shape index (κ3) is 1.63. The van der Waals surface area contributed by atoms with Crippen LogP contribution in [0, 0.1) is 5.92 Å². The third-order valence-corrected chi connectivity index (χ3v) is 4.56. The van der Waals surface area contributed by atoms with Crippen LogP contribution in [0.3, 0.4) is 0 Å². The number of aliphatic hydroxyl groups excluding tert-OH is 2. The quantitative estimate of drug-likeness (QED) is 0.667. The van der Waals surface area contributed by atoms with Gasteiger partial charge in [0.25, 0.3) is 0 Å². The molecule has 1 spiro atoms. The van der Waals surface area contributed by atoms with Crippen molar-refractivity contribution >= 4 is 17.0 Å². The zero-order chi connectivity index (χ0) is 14.8. The molecular weight excluding hydrogens is 274 g/mol. The van der Waals surface area contributed by atoms with E-state index in [1.165, 1.54) is 12.7 Å². The summed E-state index contributed by atoms with van der Waals surface area (Å²) in [7, 11) is 0. The van der Waals surface area contributed by atoms with Crippen LogP contribution in [0.4, 0.5) is 5.82 Å². The van der Waals surface area contributed by atoms with E-state index in [1.807, 2.05) is 0 Å². The molecule has 21 heavy (non-hydrogen) atoms. The molecule has 0 amide bonds. The van der Waals surface area contributed by atoms with Gasteiger partial charge in [-0.25, -0.2) is 15.0 Å². The number of nitrogens with zero attached hydrogens (tertiary/aromatic N) is 4. The first-order valence-electron chi connectivity index (χ1n) is 6.99. The molecule has 0 aromatic carbocycles. The molecule has 0 bridgehead atoms. The number of fused-ring (bicyclic) bond motifs is 1. The molecule has 1 saturated carbocycles. The van der Waals surface area contributed by atoms with Gasteiger partial charge in [-0.15, -0.1) is 0 Å². The summed E-state index contributed by atoms with van der Waals surface area (Å²) in [5, 5.41) is 20.7. The van der Waals surface area contributed by atoms with Gasteiger partial charge in [-0.1, -0.05) is 6.92 Å². The Labute approximate surface area is 120 Å². The van der Waals surface area contributed by atoms with E-state index in [0.717, 1.165) is 12.8 Å². The second kappa shape index (κ2) is 4.12. The summed E-state index contributed by atoms with van der Waals surface area (Å²) in [4.78, 5) is 12.2. The fraction of sp³-hybridized carbons (Fsp3) is 0.615. The minimum atomic E-state index is -1.02. The largest absolute Gasteiger partial charge is 0.387 e. The fourth-order valence-electron chi connectivity index (χ4n) is 3.58. The van der Waals surface area contributed by atoms with Crippen molar-refractivity contribution in [1.29, 1.82) is 0 Å². The van der Waals surface area contributed by atoms with Crippen LogP contribution < -0.4 is 5.73 Å². The summed E-state index contributed by atoms with van der Waals surface area (Å²) >= 11 is 0. The molecule has 1 aliphatic heterocycles. The lowest BCUT2D eigenvalue weighted by Crippen LogP contribution is -2.52. The highest BCUT2D eigenvalue weighted by Crippen LogP contribution is 2.52. The first kappa shape index (κ1) is 12.9. The summed E-state index contributed by atoms with van der Waals surface area (Å²) in [5.74, 6) is 0.766. The zero-order valence-corrected chi connectivity index (χ0v) is 11.5. The Balaban J connectivity index is 1.74. The van der Waals surface area contributed by atoms with Gasteiger partial charge >= 0.3 is 0 Å². The Hall–Kier alpha value is -1.77. The van der Waals surface area contributed by atoms with E-state index in [4.69, 9.17) is 10.5 Å². The average molecular weight is 291 g/mol. The topological polar surface area (TPSA) is 119 Å². The number of imidazole rings is 1. The first-order chi connectivity index (χ1) is 10.0. The van der Waals surface area contributed by atoms with E-state index < -0.39 is 24.0 Å². The molecule has 8 nitrogen and oxygen atoms in total. The van der Waals surface area contributed by atoms with E-state index in [2.05, 4.69) is 21.9 Å². The summed E-state index contributed by atoms with van der Waals surface area (Å²) < 4.78 is 7.60. The van der Waals surface area contributed by atoms with Crippen molar-refractivity contribution in [1.82, 2.24) is 19.5 Å². The molecule has 2 aliphatic rings. The summed E-state index contributed by atoms with van der Waals surface area (Å²) in [6.07, 6.45) is 1.69. The molecule has 4 rings (SSSR count). The smallest absolute Gasteiger partial charge is 0.167 e. The Morgan fingerprint density at radius 1 is 1.33 bits per heavy atom. The van der Waals surface area contributed by atoms with Crippen molar-refractivity contribution in [2.24, 2.45) is 5.92 Å². The Morgan fingerprint density at radius 2 is 2.10 bits per heavy atom. The Bertz CT molecular complexity index is 696. The van der Waals surface area contributed by atoms with Crippen LogP contribution in [-0.4, -0.2) is 47.5 Å². The van der Waals surface area contributed by atoms with Crippen LogP contribution >= 0.6 is 0 Å². The molecule has 3 atom stereocenters. The van der Waals surface area contributed by atoms with E-state index >= 15 is 0 Å². The standard InChI is InChI=1S/C13H17N5O3/c1-6-2-13(3-6)9(20)8(19)12(21-13)18-5-17-7-10(14)15-4-16-11(7)18/h4-6,8-9,12,19-20H,2-3H2,1H3,(H2,14,15,16)/t6-,8-,9+,12-,13+/m1/s1. The molecule has 2 aromatic heterocycles. The van der Waals surface area contributed by atoms with Gasteiger partial charge in [-0.05, 0) is 18.8 Å². The van der Waals surface area contributed by atoms with Gasteiger partial charge in [0.05, 0.1) is 11.9 Å². The molecule has 112 valence electrons. The van der Waals surface area contributed by atoms with Crippen molar-refractivity contribution in [3.05, 3.63) is 12.7 Å². The minimum Gasteiger partial charge on any atom is -0.387 e. The van der Waals surface area contributed by atoms with Crippen LogP contribution in [0.2, 0.25) is 0 Å². The fourth-order valence-corrected chi connectivity index (χ4v) is 3.58. The van der Waals surface area contributed by atoms with Gasteiger partial charge in [0.15, 0.2) is 17.7 Å². The van der Waals surface area contributed by atoms with Crippen LogP contribution in [0.1, 0.15) is 26.0 Å². The van der Waals surface area contributed by atoms with Gasteiger partial charge in [-0.3, -0.25) is 4.57 Å². The lowest BCUT2D eigenvalue weighted by molar-refractivity contribution is -0.166. The van der Waals surface area contributed by atoms with Crippen LogP contribution in [0.25, 0.3) is 11.2 Å². The Kier molecular flexibility index (Phi) is 2.54. The number of hydrogen-bond acceptors (Lipinski definition) is 7. The van der Waals surface area contributed by atoms with E-state index in [-0.39, 0.29) is 5.82 Å². The zero-order valence-electron chi connectivity index (χ0n) is 11.5. The Morgan fingerprint density at radius 3 is 2.81 bits per heavy atom. The van der Waals surface area contributed by atoms with Gasteiger partial charge in [0, 0.05) is 0 Å². The van der Waals surface area contributed by atoms with Crippen molar-refractivity contribution in [3.8, 4) is 0 Å². The summed E-state index contributed by atoms with van der Waals surface area (Å²) in [5.41, 5.74) is 6.06. The number of nitrogens with two attached hydrogens (primary N) is 1. The highest BCUT2D eigenvalue weighted by molar-refractivity contribution is 5.81. The summed E-state index contributed by atoms with van der Waals surface area (Å²) in [6.45, 7) is 2.10. The third-order valence-electron chi connectivity index (χ3n) is 4.56. The molecule has 0 unspecified atom stereocenters. The van der Waals surface area contributed by atoms with E-state index in [9.17, 15) is 10.2 Å². The minimum absolute atomic E-state index is 0.277. The predicted molar refractivity (Wildman–Crippen MR) is 73.0 cm³/mol. The number of nitrogen functional groups attached to an aromatic ring is 1. The van der Waals surface area contributed by atoms with Crippen molar-refractivity contribution < 1.29 is 14.9 Å². The molecule has 2 fully saturated rings. The number of ether oxygens (including phenoxy) is 1. The molecule has 1 aliphatic carbocycles. The van der Waals surface area contributed by atoms with Crippen molar-refractivity contribution in [2.75, 3.05) is 5.73 Å². The lowest BCUT2D eigenvalue weighted by Gasteiger charge is -2.44. The number of hydrogen-bond donors (Lipinski definition) is 3. The van der Waals surface area contributed by atoms with Gasteiger partial charge < -0.3 is 20.7 Å². The number of anilines is 1. The maximum atomic E-state index is 10.3. The van der Waals surface area contributed by atoms with Crippen LogP contribution in [0.15, 0.2) is 12.7 Å². The maximum Gasteiger partial charge on any atom is 0.167 e. The molecule has 0 radical (unpaired) electrons. The molecule has 3 heterocycles. The molecule has 1 saturated heterocycles. The number of aliphatic hydroxyl groups is 2. The second-order valence-electron chi connectivity index (χ2n) is 6.11. The van der Waals surface area contributed by atoms with E-state index in [1.54, 1.807) is 4.57 Å². The summed E-state index contributed by atoms with van der Waals surface area (Å²) in [6, 6.07) is 0. The molecular formula is C13H17N5O3. The maximum absolute atomic E-state index is 10.3. The highest BCUT2D eigenvalue weighted by atomic mass is 16.6. The van der Waals surface area contributed by atoms with Crippen molar-refractivity contribution in [2.45, 2.75) is 43.8 Å².